The van der Waals surface area contributed by atoms with Crippen LogP contribution in [0.2, 0.25) is 5.02 Å². The van der Waals surface area contributed by atoms with Gasteiger partial charge in [-0.3, -0.25) is 4.79 Å². The Hall–Kier alpha value is -0.820. The highest BCUT2D eigenvalue weighted by atomic mass is 79.9. The summed E-state index contributed by atoms with van der Waals surface area (Å²) in [5, 5.41) is 4.52. The van der Waals surface area contributed by atoms with Crippen molar-refractivity contribution in [2.45, 2.75) is 63.8 Å². The molecular formula is C28H36Br2ClN3O. The predicted molar refractivity (Wildman–Crippen MR) is 151 cm³/mol. The molecule has 1 aromatic carbocycles. The molecule has 7 heteroatoms. The lowest BCUT2D eigenvalue weighted by atomic mass is 9.73. The van der Waals surface area contributed by atoms with Gasteiger partial charge in [0.2, 0.25) is 5.91 Å². The molecule has 2 atom stereocenters. The van der Waals surface area contributed by atoms with E-state index in [0.717, 1.165) is 91.6 Å². The Bertz CT molecular complexity index is 1010. The van der Waals surface area contributed by atoms with Gasteiger partial charge in [-0.1, -0.05) is 34.5 Å². The van der Waals surface area contributed by atoms with E-state index in [-0.39, 0.29) is 6.04 Å². The van der Waals surface area contributed by atoms with E-state index in [0.29, 0.717) is 23.7 Å². The molecule has 2 saturated heterocycles. The number of aryl methyl sites for hydroxylation is 1. The molecule has 0 aromatic heterocycles. The van der Waals surface area contributed by atoms with E-state index in [1.807, 2.05) is 0 Å². The number of dihydropyridines is 1. The number of halogens is 3. The van der Waals surface area contributed by atoms with Crippen molar-refractivity contribution in [2.24, 2.45) is 11.8 Å². The number of nitrogens with one attached hydrogen (secondary N) is 1. The third kappa shape index (κ3) is 5.71. The molecule has 0 spiro atoms. The van der Waals surface area contributed by atoms with E-state index in [9.17, 15) is 4.79 Å². The molecule has 0 bridgehead atoms. The maximum atomic E-state index is 13.2. The molecule has 1 amide bonds. The number of benzene rings is 1. The minimum atomic E-state index is 0.283. The van der Waals surface area contributed by atoms with Gasteiger partial charge in [0.15, 0.2) is 0 Å². The Labute approximate surface area is 231 Å². The molecule has 5 rings (SSSR count). The third-order valence-electron chi connectivity index (χ3n) is 8.70. The van der Waals surface area contributed by atoms with Gasteiger partial charge in [-0.05, 0) is 121 Å². The summed E-state index contributed by atoms with van der Waals surface area (Å²) in [6, 6.07) is 4.50. The van der Waals surface area contributed by atoms with E-state index in [4.69, 9.17) is 11.6 Å². The van der Waals surface area contributed by atoms with Crippen LogP contribution in [0.1, 0.15) is 62.5 Å². The fraction of sp³-hybridized carbons (Fsp3) is 0.607. The number of hydrogen-bond acceptors (Lipinski definition) is 3. The van der Waals surface area contributed by atoms with Crippen molar-refractivity contribution in [1.82, 2.24) is 15.1 Å². The molecule has 1 aromatic rings. The number of fused-ring (bicyclic) bond motifs is 2. The number of allylic oxidation sites excluding steroid dienone is 2. The van der Waals surface area contributed by atoms with Gasteiger partial charge in [-0.15, -0.1) is 0 Å². The fourth-order valence-corrected chi connectivity index (χ4v) is 8.27. The monoisotopic (exact) mass is 623 g/mol. The van der Waals surface area contributed by atoms with Crippen LogP contribution in [0.4, 0.5) is 0 Å². The van der Waals surface area contributed by atoms with Gasteiger partial charge in [0.05, 0.1) is 6.04 Å². The van der Waals surface area contributed by atoms with E-state index >= 15 is 0 Å². The number of hydrogen-bond donors (Lipinski definition) is 1. The predicted octanol–water partition coefficient (Wildman–Crippen LogP) is 6.63. The van der Waals surface area contributed by atoms with E-state index in [1.165, 1.54) is 16.7 Å². The quantitative estimate of drug-likeness (QED) is 0.408. The first kappa shape index (κ1) is 25.8. The van der Waals surface area contributed by atoms with Gasteiger partial charge < -0.3 is 15.1 Å². The van der Waals surface area contributed by atoms with Gasteiger partial charge in [-0.2, -0.15) is 0 Å². The molecule has 1 aliphatic carbocycles. The van der Waals surface area contributed by atoms with Crippen LogP contribution in [0.3, 0.4) is 0 Å². The minimum Gasteiger partial charge on any atom is -0.383 e. The highest BCUT2D eigenvalue weighted by Gasteiger charge is 2.40. The van der Waals surface area contributed by atoms with Gasteiger partial charge >= 0.3 is 0 Å². The van der Waals surface area contributed by atoms with Crippen molar-refractivity contribution in [3.63, 3.8) is 0 Å². The number of nitrogens with zero attached hydrogens (tertiary/aromatic N) is 2. The Morgan fingerprint density at radius 3 is 2.54 bits per heavy atom. The number of carbonyl (C=O) groups is 1. The van der Waals surface area contributed by atoms with E-state index in [2.05, 4.69) is 78.3 Å². The Morgan fingerprint density at radius 1 is 1.09 bits per heavy atom. The summed E-state index contributed by atoms with van der Waals surface area (Å²) in [6.45, 7) is 7.39. The number of amides is 1. The summed E-state index contributed by atoms with van der Waals surface area (Å²) in [4.78, 5) is 17.8. The second-order valence-corrected chi connectivity index (χ2v) is 12.9. The molecule has 0 radical (unpaired) electrons. The molecular weight excluding hydrogens is 590 g/mol. The van der Waals surface area contributed by atoms with Crippen LogP contribution in [-0.4, -0.2) is 54.5 Å². The third-order valence-corrected chi connectivity index (χ3v) is 10.0. The summed E-state index contributed by atoms with van der Waals surface area (Å²) >= 11 is 14.0. The zero-order valence-corrected chi connectivity index (χ0v) is 24.5. The summed E-state index contributed by atoms with van der Waals surface area (Å²) in [5.74, 6) is 1.81. The molecule has 2 fully saturated rings. The molecule has 3 heterocycles. The number of carbonyl (C=O) groups excluding carboxylic acids is 1. The van der Waals surface area contributed by atoms with Gasteiger partial charge in [0.1, 0.15) is 0 Å². The largest absolute Gasteiger partial charge is 0.383 e. The Balaban J connectivity index is 1.30. The summed E-state index contributed by atoms with van der Waals surface area (Å²) in [7, 11) is 0. The lowest BCUT2D eigenvalue weighted by molar-refractivity contribution is -0.134. The van der Waals surface area contributed by atoms with Crippen LogP contribution in [0, 0.1) is 11.8 Å². The first-order valence-electron chi connectivity index (χ1n) is 13.2. The maximum absolute atomic E-state index is 13.2. The van der Waals surface area contributed by atoms with Crippen LogP contribution in [0.25, 0.3) is 0 Å². The highest BCUT2D eigenvalue weighted by Crippen LogP contribution is 2.47. The van der Waals surface area contributed by atoms with Crippen molar-refractivity contribution in [3.05, 3.63) is 55.1 Å². The average Bonchev–Trinajstić information content (AvgIpc) is 3.01. The molecule has 4 nitrogen and oxygen atoms in total. The summed E-state index contributed by atoms with van der Waals surface area (Å²) in [5.41, 5.74) is 4.23. The lowest BCUT2D eigenvalue weighted by Crippen LogP contribution is -2.45. The van der Waals surface area contributed by atoms with Crippen molar-refractivity contribution in [2.75, 3.05) is 32.7 Å². The van der Waals surface area contributed by atoms with Crippen molar-refractivity contribution < 1.29 is 4.79 Å². The zero-order valence-electron chi connectivity index (χ0n) is 20.5. The molecule has 35 heavy (non-hydrogen) atoms. The van der Waals surface area contributed by atoms with Crippen molar-refractivity contribution in [3.8, 4) is 0 Å². The number of piperidine rings is 2. The molecule has 3 aliphatic heterocycles. The van der Waals surface area contributed by atoms with Crippen LogP contribution in [0.15, 0.2) is 38.9 Å². The molecule has 0 saturated carbocycles. The molecule has 2 unspecified atom stereocenters. The number of rotatable bonds is 4. The maximum Gasteiger partial charge on any atom is 0.222 e. The normalized spacial score (nSPS) is 26.2. The van der Waals surface area contributed by atoms with Gasteiger partial charge in [-0.25, -0.2) is 0 Å². The lowest BCUT2D eigenvalue weighted by Gasteiger charge is -2.41. The van der Waals surface area contributed by atoms with Gasteiger partial charge in [0, 0.05) is 45.6 Å². The van der Waals surface area contributed by atoms with E-state index in [1.54, 1.807) is 0 Å². The zero-order chi connectivity index (χ0) is 24.5. The highest BCUT2D eigenvalue weighted by molar-refractivity contribution is 9.12. The average molecular weight is 626 g/mol. The van der Waals surface area contributed by atoms with Crippen LogP contribution in [0.5, 0.6) is 0 Å². The van der Waals surface area contributed by atoms with Crippen LogP contribution >= 0.6 is 43.5 Å². The molecule has 1 N–H and O–H groups in total. The Kier molecular flexibility index (Phi) is 8.32. The first-order valence-corrected chi connectivity index (χ1v) is 15.2. The molecule has 4 aliphatic rings. The number of likely N-dealkylation sites (tertiary alicyclic amines) is 2. The second-order valence-electron chi connectivity index (χ2n) is 10.7. The fourth-order valence-electron chi connectivity index (χ4n) is 6.71. The SMILES string of the molecule is CCN1CCC(CC(=O)N2CCC(C3c4c(Br)cc(Cl)cc4CCC4=CC(Br)=CNC43)CC2)CC1. The van der Waals surface area contributed by atoms with E-state index < -0.39 is 0 Å². The van der Waals surface area contributed by atoms with Crippen molar-refractivity contribution in [1.29, 1.82) is 0 Å². The topological polar surface area (TPSA) is 35.6 Å². The van der Waals surface area contributed by atoms with Crippen molar-refractivity contribution >= 4 is 49.4 Å². The van der Waals surface area contributed by atoms with Crippen LogP contribution in [-0.2, 0) is 11.2 Å². The smallest absolute Gasteiger partial charge is 0.222 e. The summed E-state index contributed by atoms with van der Waals surface area (Å²) in [6.07, 6.45) is 11.6. The Morgan fingerprint density at radius 2 is 1.83 bits per heavy atom. The van der Waals surface area contributed by atoms with Crippen LogP contribution < -0.4 is 5.32 Å². The summed E-state index contributed by atoms with van der Waals surface area (Å²) < 4.78 is 2.23. The second kappa shape index (κ2) is 11.3. The standard InChI is InChI=1S/C28H36Br2ClN3O/c1-2-33-9-5-18(6-10-33)13-25(35)34-11-7-19(8-12-34)27-26-20(15-23(31)16-24(26)30)3-4-21-14-22(29)17-32-28(21)27/h14-19,27-28,32H,2-13H2,1H3. The van der Waals surface area contributed by atoms with Gasteiger partial charge in [0.25, 0.3) is 0 Å². The molecule has 190 valence electrons. The first-order chi connectivity index (χ1) is 16.9. The minimum absolute atomic E-state index is 0.283.